The van der Waals surface area contributed by atoms with E-state index in [-0.39, 0.29) is 5.75 Å². The van der Waals surface area contributed by atoms with Crippen molar-refractivity contribution in [2.45, 2.75) is 31.9 Å². The topological polar surface area (TPSA) is 41.5 Å². The first kappa shape index (κ1) is 14.0. The number of ether oxygens (including phenoxy) is 1. The number of phenolic OH excluding ortho intramolecular Hbond substituents is 1. The van der Waals surface area contributed by atoms with Gasteiger partial charge in [0, 0.05) is 6.04 Å². The predicted molar refractivity (Wildman–Crippen MR) is 83.6 cm³/mol. The van der Waals surface area contributed by atoms with Crippen molar-refractivity contribution in [3.8, 4) is 11.5 Å². The lowest BCUT2D eigenvalue weighted by Gasteiger charge is -2.25. The molecule has 0 fully saturated rings. The monoisotopic (exact) mass is 283 g/mol. The minimum Gasteiger partial charge on any atom is -0.508 e. The zero-order valence-electron chi connectivity index (χ0n) is 12.3. The molecule has 1 aliphatic carbocycles. The summed E-state index contributed by atoms with van der Waals surface area (Å²) in [6, 6.07) is 14.0. The lowest BCUT2D eigenvalue weighted by molar-refractivity contribution is 0.304. The first-order chi connectivity index (χ1) is 10.3. The Hall–Kier alpha value is -2.00. The summed E-state index contributed by atoms with van der Waals surface area (Å²) in [5.74, 6) is 1.17. The molecule has 3 nitrogen and oxygen atoms in total. The maximum absolute atomic E-state index is 9.46. The van der Waals surface area contributed by atoms with Gasteiger partial charge in [-0.05, 0) is 67.3 Å². The Labute approximate surface area is 125 Å². The highest BCUT2D eigenvalue weighted by Gasteiger charge is 2.18. The molecule has 1 unspecified atom stereocenters. The molecule has 0 bridgehead atoms. The third-order valence-electron chi connectivity index (χ3n) is 4.09. The van der Waals surface area contributed by atoms with Crippen molar-refractivity contribution in [1.82, 2.24) is 5.32 Å². The Morgan fingerprint density at radius 3 is 2.95 bits per heavy atom. The molecule has 110 valence electrons. The summed E-state index contributed by atoms with van der Waals surface area (Å²) in [7, 11) is 2.02. The summed E-state index contributed by atoms with van der Waals surface area (Å²) in [5.41, 5.74) is 3.75. The molecule has 0 spiro atoms. The van der Waals surface area contributed by atoms with Gasteiger partial charge in [-0.25, -0.2) is 0 Å². The van der Waals surface area contributed by atoms with Crippen molar-refractivity contribution < 1.29 is 9.84 Å². The summed E-state index contributed by atoms with van der Waals surface area (Å²) in [4.78, 5) is 0. The largest absolute Gasteiger partial charge is 0.508 e. The Bertz CT molecular complexity index is 624. The van der Waals surface area contributed by atoms with Gasteiger partial charge in [-0.1, -0.05) is 18.2 Å². The molecule has 0 radical (unpaired) electrons. The SMILES string of the molecule is CNC1CCCc2cc(OCc3cccc(O)c3)ccc21. The van der Waals surface area contributed by atoms with E-state index >= 15 is 0 Å². The average molecular weight is 283 g/mol. The van der Waals surface area contributed by atoms with E-state index < -0.39 is 0 Å². The van der Waals surface area contributed by atoms with Gasteiger partial charge in [-0.15, -0.1) is 0 Å². The molecule has 3 rings (SSSR count). The normalized spacial score (nSPS) is 17.3. The van der Waals surface area contributed by atoms with Crippen LogP contribution in [-0.2, 0) is 13.0 Å². The van der Waals surface area contributed by atoms with Crippen LogP contribution < -0.4 is 10.1 Å². The molecule has 0 heterocycles. The van der Waals surface area contributed by atoms with Crippen LogP contribution in [0.2, 0.25) is 0 Å². The molecule has 1 atom stereocenters. The van der Waals surface area contributed by atoms with Crippen LogP contribution >= 0.6 is 0 Å². The number of hydrogen-bond acceptors (Lipinski definition) is 3. The first-order valence-electron chi connectivity index (χ1n) is 7.47. The molecule has 0 aliphatic heterocycles. The Morgan fingerprint density at radius 1 is 1.24 bits per heavy atom. The highest BCUT2D eigenvalue weighted by molar-refractivity contribution is 5.39. The van der Waals surface area contributed by atoms with Gasteiger partial charge in [0.1, 0.15) is 18.1 Å². The maximum atomic E-state index is 9.46. The molecular formula is C18H21NO2. The molecule has 0 aromatic heterocycles. The second-order valence-electron chi connectivity index (χ2n) is 5.55. The number of nitrogens with one attached hydrogen (secondary N) is 1. The molecular weight excluding hydrogens is 262 g/mol. The molecule has 3 heteroatoms. The third kappa shape index (κ3) is 3.19. The summed E-state index contributed by atoms with van der Waals surface area (Å²) in [5, 5.41) is 12.8. The molecule has 2 aromatic rings. The van der Waals surface area contributed by atoms with Crippen molar-refractivity contribution in [3.05, 3.63) is 59.2 Å². The van der Waals surface area contributed by atoms with E-state index in [1.54, 1.807) is 12.1 Å². The van der Waals surface area contributed by atoms with Crippen LogP contribution in [0.1, 0.15) is 35.6 Å². The van der Waals surface area contributed by atoms with Gasteiger partial charge in [-0.3, -0.25) is 0 Å². The zero-order valence-corrected chi connectivity index (χ0v) is 12.3. The van der Waals surface area contributed by atoms with E-state index in [4.69, 9.17) is 4.74 Å². The number of aryl methyl sites for hydroxylation is 1. The third-order valence-corrected chi connectivity index (χ3v) is 4.09. The van der Waals surface area contributed by atoms with Crippen molar-refractivity contribution in [2.24, 2.45) is 0 Å². The maximum Gasteiger partial charge on any atom is 0.120 e. The lowest BCUT2D eigenvalue weighted by atomic mass is 9.87. The Morgan fingerprint density at radius 2 is 2.14 bits per heavy atom. The number of phenols is 1. The van der Waals surface area contributed by atoms with Crippen molar-refractivity contribution in [1.29, 1.82) is 0 Å². The number of benzene rings is 2. The molecule has 21 heavy (non-hydrogen) atoms. The Balaban J connectivity index is 1.72. The number of rotatable bonds is 4. The fourth-order valence-electron chi connectivity index (χ4n) is 2.99. The molecule has 2 aromatic carbocycles. The van der Waals surface area contributed by atoms with Gasteiger partial charge in [0.2, 0.25) is 0 Å². The minimum atomic E-state index is 0.276. The fraction of sp³-hybridized carbons (Fsp3) is 0.333. The minimum absolute atomic E-state index is 0.276. The summed E-state index contributed by atoms with van der Waals surface area (Å²) < 4.78 is 5.85. The molecule has 0 amide bonds. The van der Waals surface area contributed by atoms with Gasteiger partial charge in [-0.2, -0.15) is 0 Å². The van der Waals surface area contributed by atoms with E-state index in [9.17, 15) is 5.11 Å². The van der Waals surface area contributed by atoms with E-state index in [1.807, 2.05) is 25.2 Å². The highest BCUT2D eigenvalue weighted by Crippen LogP contribution is 2.32. The standard InChI is InChI=1S/C18H21NO2/c1-19-18-7-3-5-14-11-16(8-9-17(14)18)21-12-13-4-2-6-15(20)10-13/h2,4,6,8-11,18-20H,3,5,7,12H2,1H3. The Kier molecular flexibility index (Phi) is 4.11. The first-order valence-corrected chi connectivity index (χ1v) is 7.47. The van der Waals surface area contributed by atoms with Gasteiger partial charge in [0.25, 0.3) is 0 Å². The lowest BCUT2D eigenvalue weighted by Crippen LogP contribution is -2.21. The summed E-state index contributed by atoms with van der Waals surface area (Å²) >= 11 is 0. The van der Waals surface area contributed by atoms with E-state index in [1.165, 1.54) is 24.0 Å². The average Bonchev–Trinajstić information content (AvgIpc) is 2.52. The number of aromatic hydroxyl groups is 1. The second kappa shape index (κ2) is 6.19. The zero-order chi connectivity index (χ0) is 14.7. The molecule has 1 aliphatic rings. The van der Waals surface area contributed by atoms with Crippen LogP contribution in [0.5, 0.6) is 11.5 Å². The number of hydrogen-bond donors (Lipinski definition) is 2. The van der Waals surface area contributed by atoms with Crippen molar-refractivity contribution >= 4 is 0 Å². The smallest absolute Gasteiger partial charge is 0.120 e. The molecule has 0 saturated heterocycles. The van der Waals surface area contributed by atoms with E-state index in [2.05, 4.69) is 17.4 Å². The van der Waals surface area contributed by atoms with E-state index in [0.717, 1.165) is 17.7 Å². The van der Waals surface area contributed by atoms with Crippen molar-refractivity contribution in [3.63, 3.8) is 0 Å². The van der Waals surface area contributed by atoms with Crippen LogP contribution in [0.4, 0.5) is 0 Å². The highest BCUT2D eigenvalue weighted by atomic mass is 16.5. The van der Waals surface area contributed by atoms with Crippen LogP contribution in [0, 0.1) is 0 Å². The summed E-state index contributed by atoms with van der Waals surface area (Å²) in [6.45, 7) is 0.475. The van der Waals surface area contributed by atoms with Crippen LogP contribution in [-0.4, -0.2) is 12.2 Å². The van der Waals surface area contributed by atoms with Crippen molar-refractivity contribution in [2.75, 3.05) is 7.05 Å². The van der Waals surface area contributed by atoms with Crippen LogP contribution in [0.25, 0.3) is 0 Å². The van der Waals surface area contributed by atoms with E-state index in [0.29, 0.717) is 12.6 Å². The summed E-state index contributed by atoms with van der Waals surface area (Å²) in [6.07, 6.45) is 3.54. The molecule has 0 saturated carbocycles. The second-order valence-corrected chi connectivity index (χ2v) is 5.55. The number of fused-ring (bicyclic) bond motifs is 1. The molecule has 2 N–H and O–H groups in total. The van der Waals surface area contributed by atoms with Crippen LogP contribution in [0.3, 0.4) is 0 Å². The quantitative estimate of drug-likeness (QED) is 0.901. The fourth-order valence-corrected chi connectivity index (χ4v) is 2.99. The van der Waals surface area contributed by atoms with Gasteiger partial charge < -0.3 is 15.2 Å². The van der Waals surface area contributed by atoms with Crippen LogP contribution in [0.15, 0.2) is 42.5 Å². The predicted octanol–water partition coefficient (Wildman–Crippen LogP) is 3.57. The van der Waals surface area contributed by atoms with Gasteiger partial charge in [0.05, 0.1) is 0 Å². The van der Waals surface area contributed by atoms with Gasteiger partial charge in [0.15, 0.2) is 0 Å². The van der Waals surface area contributed by atoms with Gasteiger partial charge >= 0.3 is 0 Å².